The summed E-state index contributed by atoms with van der Waals surface area (Å²) in [5, 5.41) is 10.2. The van der Waals surface area contributed by atoms with Gasteiger partial charge in [0.25, 0.3) is 0 Å². The van der Waals surface area contributed by atoms with Crippen LogP contribution in [-0.4, -0.2) is 45.7 Å². The number of hydrogen-bond donors (Lipinski definition) is 2. The number of aromatic nitrogens is 3. The molecule has 1 amide bonds. The lowest BCUT2D eigenvalue weighted by Gasteiger charge is -2.16. The maximum absolute atomic E-state index is 12.3. The molecule has 30 heavy (non-hydrogen) atoms. The summed E-state index contributed by atoms with van der Waals surface area (Å²) in [5.74, 6) is 0.786. The minimum absolute atomic E-state index is 0.0265. The largest absolute Gasteiger partial charge is 0.356 e. The molecule has 0 fully saturated rings. The van der Waals surface area contributed by atoms with Crippen LogP contribution in [-0.2, 0) is 17.9 Å². The number of H-pyrrole nitrogens is 1. The highest BCUT2D eigenvalue weighted by Crippen LogP contribution is 2.18. The molecule has 7 heteroatoms. The minimum Gasteiger partial charge on any atom is -0.356 e. The fourth-order valence-corrected chi connectivity index (χ4v) is 3.52. The van der Waals surface area contributed by atoms with E-state index in [2.05, 4.69) is 51.7 Å². The number of rotatable bonds is 10. The standard InChI is InChI=1S/C23H29N5OS/c1-18-9-11-20(12-10-18)22-25-26-23(30)28(22)16-13-21(29)24-14-6-15-27(2)17-19-7-4-3-5-8-19/h3-5,7-12H,6,13-17H2,1-2H3,(H,24,29)(H,26,30). The molecule has 1 aromatic heterocycles. The van der Waals surface area contributed by atoms with Crippen LogP contribution in [0.5, 0.6) is 0 Å². The summed E-state index contributed by atoms with van der Waals surface area (Å²) in [6.45, 7) is 5.05. The van der Waals surface area contributed by atoms with Crippen LogP contribution in [0.2, 0.25) is 0 Å². The zero-order chi connectivity index (χ0) is 21.3. The SMILES string of the molecule is Cc1ccc(-c2n[nH]c(=S)n2CCC(=O)NCCCN(C)Cc2ccccc2)cc1. The first kappa shape index (κ1) is 21.9. The molecule has 0 aliphatic rings. The molecule has 3 rings (SSSR count). The Hall–Kier alpha value is -2.77. The van der Waals surface area contributed by atoms with E-state index in [1.54, 1.807) is 0 Å². The van der Waals surface area contributed by atoms with Crippen molar-refractivity contribution in [3.63, 3.8) is 0 Å². The Morgan fingerprint density at radius 1 is 1.17 bits per heavy atom. The fraction of sp³-hybridized carbons (Fsp3) is 0.348. The molecule has 2 aromatic carbocycles. The lowest BCUT2D eigenvalue weighted by Crippen LogP contribution is -2.28. The average molecular weight is 424 g/mol. The first-order chi connectivity index (χ1) is 14.5. The summed E-state index contributed by atoms with van der Waals surface area (Å²) in [4.78, 5) is 14.5. The Morgan fingerprint density at radius 2 is 1.90 bits per heavy atom. The van der Waals surface area contributed by atoms with Crippen LogP contribution in [0.4, 0.5) is 0 Å². The second-order valence-electron chi connectivity index (χ2n) is 7.55. The molecule has 0 saturated heterocycles. The Morgan fingerprint density at radius 3 is 2.63 bits per heavy atom. The molecule has 0 aliphatic carbocycles. The number of aromatic amines is 1. The van der Waals surface area contributed by atoms with Crippen molar-refractivity contribution >= 4 is 18.1 Å². The summed E-state index contributed by atoms with van der Waals surface area (Å²) >= 11 is 5.35. The third-order valence-electron chi connectivity index (χ3n) is 4.96. The van der Waals surface area contributed by atoms with E-state index in [-0.39, 0.29) is 5.91 Å². The van der Waals surface area contributed by atoms with Gasteiger partial charge in [0.15, 0.2) is 10.6 Å². The van der Waals surface area contributed by atoms with Crippen molar-refractivity contribution in [1.82, 2.24) is 25.0 Å². The van der Waals surface area contributed by atoms with Gasteiger partial charge in [0.1, 0.15) is 0 Å². The summed E-state index contributed by atoms with van der Waals surface area (Å²) in [7, 11) is 2.10. The number of carbonyl (C=O) groups excluding carboxylic acids is 1. The second-order valence-corrected chi connectivity index (χ2v) is 7.93. The number of nitrogens with one attached hydrogen (secondary N) is 2. The molecule has 3 aromatic rings. The first-order valence-electron chi connectivity index (χ1n) is 10.2. The van der Waals surface area contributed by atoms with E-state index in [0.29, 0.717) is 24.3 Å². The Bertz CT molecular complexity index is 994. The number of aryl methyl sites for hydroxylation is 1. The number of carbonyl (C=O) groups is 1. The van der Waals surface area contributed by atoms with Gasteiger partial charge in [0.05, 0.1) is 0 Å². The Labute approximate surface area is 182 Å². The summed E-state index contributed by atoms with van der Waals surface area (Å²) in [6, 6.07) is 18.5. The number of nitrogens with zero attached hydrogens (tertiary/aromatic N) is 3. The lowest BCUT2D eigenvalue weighted by atomic mass is 10.1. The zero-order valence-electron chi connectivity index (χ0n) is 17.6. The maximum atomic E-state index is 12.3. The van der Waals surface area contributed by atoms with Crippen LogP contribution < -0.4 is 5.32 Å². The molecule has 0 unspecified atom stereocenters. The topological polar surface area (TPSA) is 66.0 Å². The van der Waals surface area contributed by atoms with Crippen LogP contribution in [0.3, 0.4) is 0 Å². The van der Waals surface area contributed by atoms with Crippen LogP contribution in [0.1, 0.15) is 24.0 Å². The monoisotopic (exact) mass is 423 g/mol. The highest BCUT2D eigenvalue weighted by atomic mass is 32.1. The van der Waals surface area contributed by atoms with Crippen LogP contribution in [0.15, 0.2) is 54.6 Å². The smallest absolute Gasteiger partial charge is 0.221 e. The van der Waals surface area contributed by atoms with E-state index >= 15 is 0 Å². The predicted molar refractivity (Wildman–Crippen MR) is 123 cm³/mol. The van der Waals surface area contributed by atoms with E-state index < -0.39 is 0 Å². The van der Waals surface area contributed by atoms with E-state index in [4.69, 9.17) is 12.2 Å². The van der Waals surface area contributed by atoms with Gasteiger partial charge >= 0.3 is 0 Å². The van der Waals surface area contributed by atoms with Crippen molar-refractivity contribution in [3.05, 3.63) is 70.5 Å². The Kier molecular flexibility index (Phi) is 7.93. The van der Waals surface area contributed by atoms with Gasteiger partial charge in [-0.05, 0) is 44.7 Å². The molecule has 0 bridgehead atoms. The van der Waals surface area contributed by atoms with Crippen molar-refractivity contribution in [2.75, 3.05) is 20.1 Å². The number of benzene rings is 2. The molecule has 0 atom stereocenters. The molecule has 0 saturated carbocycles. The van der Waals surface area contributed by atoms with Gasteiger partial charge in [-0.3, -0.25) is 14.5 Å². The fourth-order valence-electron chi connectivity index (χ4n) is 3.30. The van der Waals surface area contributed by atoms with Crippen molar-refractivity contribution in [1.29, 1.82) is 0 Å². The lowest BCUT2D eigenvalue weighted by molar-refractivity contribution is -0.121. The van der Waals surface area contributed by atoms with Crippen molar-refractivity contribution < 1.29 is 4.79 Å². The van der Waals surface area contributed by atoms with Gasteiger partial charge in [-0.1, -0.05) is 60.2 Å². The molecule has 6 nitrogen and oxygen atoms in total. The first-order valence-corrected chi connectivity index (χ1v) is 10.6. The quantitative estimate of drug-likeness (QED) is 0.383. The number of hydrogen-bond acceptors (Lipinski definition) is 4. The maximum Gasteiger partial charge on any atom is 0.221 e. The highest BCUT2D eigenvalue weighted by molar-refractivity contribution is 7.71. The van der Waals surface area contributed by atoms with Crippen LogP contribution in [0.25, 0.3) is 11.4 Å². The number of amides is 1. The van der Waals surface area contributed by atoms with Gasteiger partial charge in [-0.25, -0.2) is 0 Å². The van der Waals surface area contributed by atoms with Gasteiger partial charge in [-0.15, -0.1) is 0 Å². The minimum atomic E-state index is 0.0265. The average Bonchev–Trinajstić information content (AvgIpc) is 3.11. The molecule has 1 heterocycles. The van der Waals surface area contributed by atoms with E-state index in [1.165, 1.54) is 11.1 Å². The highest BCUT2D eigenvalue weighted by Gasteiger charge is 2.10. The third-order valence-corrected chi connectivity index (χ3v) is 5.28. The van der Waals surface area contributed by atoms with E-state index in [1.807, 2.05) is 41.8 Å². The van der Waals surface area contributed by atoms with Crippen molar-refractivity contribution in [2.45, 2.75) is 32.9 Å². The zero-order valence-corrected chi connectivity index (χ0v) is 18.4. The van der Waals surface area contributed by atoms with Gasteiger partial charge in [0, 0.05) is 31.6 Å². The second kappa shape index (κ2) is 10.8. The van der Waals surface area contributed by atoms with Crippen molar-refractivity contribution in [2.24, 2.45) is 0 Å². The Balaban J connectivity index is 1.41. The molecule has 158 valence electrons. The van der Waals surface area contributed by atoms with E-state index in [9.17, 15) is 4.79 Å². The van der Waals surface area contributed by atoms with Crippen LogP contribution in [0, 0.1) is 11.7 Å². The normalized spacial score (nSPS) is 11.0. The summed E-state index contributed by atoms with van der Waals surface area (Å²) < 4.78 is 2.41. The summed E-state index contributed by atoms with van der Waals surface area (Å²) in [6.07, 6.45) is 1.28. The van der Waals surface area contributed by atoms with Gasteiger partial charge in [-0.2, -0.15) is 5.10 Å². The van der Waals surface area contributed by atoms with Crippen LogP contribution >= 0.6 is 12.2 Å². The molecule has 0 spiro atoms. The molecule has 0 aliphatic heterocycles. The molecule has 2 N–H and O–H groups in total. The van der Waals surface area contributed by atoms with Gasteiger partial charge < -0.3 is 10.2 Å². The molecular formula is C23H29N5OS. The van der Waals surface area contributed by atoms with E-state index in [0.717, 1.165) is 30.9 Å². The molecular weight excluding hydrogens is 394 g/mol. The third kappa shape index (κ3) is 6.37. The van der Waals surface area contributed by atoms with Gasteiger partial charge in [0.2, 0.25) is 5.91 Å². The molecule has 0 radical (unpaired) electrons. The summed E-state index contributed by atoms with van der Waals surface area (Å²) in [5.41, 5.74) is 3.47. The predicted octanol–water partition coefficient (Wildman–Crippen LogP) is 3.94. The van der Waals surface area contributed by atoms with Crippen molar-refractivity contribution in [3.8, 4) is 11.4 Å².